The number of hydrogen-bond donors (Lipinski definition) is 2. The van der Waals surface area contributed by atoms with Crippen molar-refractivity contribution in [2.75, 3.05) is 23.4 Å². The molecule has 3 N–H and O–H groups in total. The first kappa shape index (κ1) is 21.4. The molecule has 0 bridgehead atoms. The fraction of sp³-hybridized carbons (Fsp3) is 0.227. The molecular weight excluding hydrogens is 400 g/mol. The topological polar surface area (TPSA) is 101 Å². The molecule has 30 heavy (non-hydrogen) atoms. The quantitative estimate of drug-likeness (QED) is 0.606. The Kier molecular flexibility index (Phi) is 6.79. The Morgan fingerprint density at radius 2 is 1.73 bits per heavy atom. The van der Waals surface area contributed by atoms with Gasteiger partial charge in [-0.3, -0.25) is 19.1 Å². The highest BCUT2D eigenvalue weighted by Gasteiger charge is 2.21. The minimum absolute atomic E-state index is 0.0218. The number of thioether (sulfide) groups is 1. The van der Waals surface area contributed by atoms with E-state index in [1.54, 1.807) is 0 Å². The lowest BCUT2D eigenvalue weighted by Gasteiger charge is -2.20. The van der Waals surface area contributed by atoms with Crippen LogP contribution in [0.25, 0.3) is 0 Å². The van der Waals surface area contributed by atoms with E-state index in [9.17, 15) is 14.4 Å². The Morgan fingerprint density at radius 1 is 1.07 bits per heavy atom. The predicted molar refractivity (Wildman–Crippen MR) is 122 cm³/mol. The van der Waals surface area contributed by atoms with Gasteiger partial charge in [0.15, 0.2) is 5.69 Å². The zero-order valence-corrected chi connectivity index (χ0v) is 17.7. The van der Waals surface area contributed by atoms with Crippen LogP contribution in [0.2, 0.25) is 0 Å². The number of aryl methyl sites for hydroxylation is 1. The van der Waals surface area contributed by atoms with Gasteiger partial charge in [0.05, 0.1) is 12.3 Å². The van der Waals surface area contributed by atoms with Gasteiger partial charge in [-0.15, -0.1) is 11.8 Å². The molecule has 0 fully saturated rings. The molecule has 7 nitrogen and oxygen atoms in total. The smallest absolute Gasteiger partial charge is 0.330 e. The Bertz CT molecular complexity index is 1140. The third kappa shape index (κ3) is 5.01. The van der Waals surface area contributed by atoms with Gasteiger partial charge in [0.1, 0.15) is 5.82 Å². The fourth-order valence-corrected chi connectivity index (χ4v) is 3.88. The number of rotatable bonds is 7. The minimum atomic E-state index is -0.679. The molecule has 3 rings (SSSR count). The summed E-state index contributed by atoms with van der Waals surface area (Å²) >= 11 is 1.45. The zero-order chi connectivity index (χ0) is 21.7. The highest BCUT2D eigenvalue weighted by atomic mass is 32.2. The molecule has 8 heteroatoms. The summed E-state index contributed by atoms with van der Waals surface area (Å²) in [5.41, 5.74) is 7.99. The largest absolute Gasteiger partial charge is 0.383 e. The summed E-state index contributed by atoms with van der Waals surface area (Å²) in [6, 6.07) is 17.4. The van der Waals surface area contributed by atoms with Crippen LogP contribution in [0.3, 0.4) is 0 Å². The SMILES string of the molecule is Cc1ccc(CSCC(=O)N(C)c2c(N)n(Cc3ccccc3)c(=O)[nH]c2=O)cc1. The van der Waals surface area contributed by atoms with E-state index in [1.807, 2.05) is 61.5 Å². The maximum Gasteiger partial charge on any atom is 0.330 e. The van der Waals surface area contributed by atoms with E-state index in [1.165, 1.54) is 33.8 Å². The van der Waals surface area contributed by atoms with Crippen molar-refractivity contribution in [1.82, 2.24) is 9.55 Å². The van der Waals surface area contributed by atoms with Gasteiger partial charge >= 0.3 is 5.69 Å². The van der Waals surface area contributed by atoms with Gasteiger partial charge in [-0.1, -0.05) is 60.2 Å². The number of carbonyl (C=O) groups excluding carboxylic acids is 1. The van der Waals surface area contributed by atoms with Crippen LogP contribution in [0.4, 0.5) is 11.5 Å². The molecule has 0 spiro atoms. The second-order valence-corrected chi connectivity index (χ2v) is 7.98. The summed E-state index contributed by atoms with van der Waals surface area (Å²) in [6.07, 6.45) is 0. The average Bonchev–Trinajstić information content (AvgIpc) is 2.73. The Hall–Kier alpha value is -3.26. The number of benzene rings is 2. The summed E-state index contributed by atoms with van der Waals surface area (Å²) in [7, 11) is 1.49. The van der Waals surface area contributed by atoms with Crippen LogP contribution in [0.15, 0.2) is 64.2 Å². The number of H-pyrrole nitrogens is 1. The lowest BCUT2D eigenvalue weighted by molar-refractivity contribution is -0.115. The number of nitrogens with two attached hydrogens (primary N) is 1. The van der Waals surface area contributed by atoms with Crippen LogP contribution < -0.4 is 21.9 Å². The van der Waals surface area contributed by atoms with Crippen molar-refractivity contribution < 1.29 is 4.79 Å². The van der Waals surface area contributed by atoms with Crippen molar-refractivity contribution in [1.29, 1.82) is 0 Å². The number of anilines is 2. The summed E-state index contributed by atoms with van der Waals surface area (Å²) < 4.78 is 1.26. The number of amides is 1. The maximum atomic E-state index is 12.7. The molecule has 1 aromatic heterocycles. The standard InChI is InChI=1S/C22H24N4O3S/c1-15-8-10-17(11-9-15)13-30-14-18(27)25(2)19-20(23)26(22(29)24-21(19)28)12-16-6-4-3-5-7-16/h3-11H,12-14,23H2,1-2H3,(H,24,28,29). The third-order valence-electron chi connectivity index (χ3n) is 4.72. The number of carbonyl (C=O) groups is 1. The van der Waals surface area contributed by atoms with Gasteiger partial charge in [-0.25, -0.2) is 4.79 Å². The van der Waals surface area contributed by atoms with E-state index in [0.717, 1.165) is 11.1 Å². The van der Waals surface area contributed by atoms with Crippen LogP contribution in [0.5, 0.6) is 0 Å². The van der Waals surface area contributed by atoms with Crippen LogP contribution in [-0.4, -0.2) is 28.3 Å². The first-order valence-electron chi connectivity index (χ1n) is 9.43. The first-order chi connectivity index (χ1) is 14.4. The van der Waals surface area contributed by atoms with Gasteiger partial charge in [-0.2, -0.15) is 0 Å². The molecule has 3 aromatic rings. The lowest BCUT2D eigenvalue weighted by Crippen LogP contribution is -2.40. The minimum Gasteiger partial charge on any atom is -0.383 e. The Balaban J connectivity index is 1.75. The monoisotopic (exact) mass is 424 g/mol. The zero-order valence-electron chi connectivity index (χ0n) is 16.9. The maximum absolute atomic E-state index is 12.7. The molecule has 0 aliphatic rings. The molecule has 156 valence electrons. The van der Waals surface area contributed by atoms with Crippen LogP contribution in [0.1, 0.15) is 16.7 Å². The van der Waals surface area contributed by atoms with Gasteiger partial charge in [0, 0.05) is 12.8 Å². The molecule has 0 atom stereocenters. The van der Waals surface area contributed by atoms with Crippen molar-refractivity contribution in [3.63, 3.8) is 0 Å². The van der Waals surface area contributed by atoms with Gasteiger partial charge in [-0.05, 0) is 18.1 Å². The normalized spacial score (nSPS) is 10.7. The number of hydrogen-bond acceptors (Lipinski definition) is 5. The van der Waals surface area contributed by atoms with Crippen molar-refractivity contribution in [2.24, 2.45) is 0 Å². The Morgan fingerprint density at radius 3 is 2.40 bits per heavy atom. The van der Waals surface area contributed by atoms with E-state index >= 15 is 0 Å². The van der Waals surface area contributed by atoms with Crippen molar-refractivity contribution in [2.45, 2.75) is 19.2 Å². The summed E-state index contributed by atoms with van der Waals surface area (Å²) in [5, 5.41) is 0. The van der Waals surface area contributed by atoms with Crippen LogP contribution in [0, 0.1) is 6.92 Å². The van der Waals surface area contributed by atoms with E-state index in [4.69, 9.17) is 5.73 Å². The highest BCUT2D eigenvalue weighted by Crippen LogP contribution is 2.19. The van der Waals surface area contributed by atoms with Crippen molar-refractivity contribution in [3.8, 4) is 0 Å². The van der Waals surface area contributed by atoms with E-state index < -0.39 is 11.2 Å². The molecule has 0 unspecified atom stereocenters. The number of aromatic amines is 1. The fourth-order valence-electron chi connectivity index (χ4n) is 2.99. The molecule has 1 amide bonds. The van der Waals surface area contributed by atoms with Gasteiger partial charge in [0.25, 0.3) is 5.56 Å². The van der Waals surface area contributed by atoms with Crippen molar-refractivity contribution in [3.05, 3.63) is 92.1 Å². The average molecular weight is 425 g/mol. The predicted octanol–water partition coefficient (Wildman–Crippen LogP) is 2.37. The second kappa shape index (κ2) is 9.49. The van der Waals surface area contributed by atoms with Crippen LogP contribution >= 0.6 is 11.8 Å². The van der Waals surface area contributed by atoms with Crippen LogP contribution in [-0.2, 0) is 17.1 Å². The highest BCUT2D eigenvalue weighted by molar-refractivity contribution is 7.99. The number of nitrogen functional groups attached to an aromatic ring is 1. The molecule has 1 heterocycles. The summed E-state index contributed by atoms with van der Waals surface area (Å²) in [4.78, 5) is 40.8. The molecule has 0 aliphatic heterocycles. The summed E-state index contributed by atoms with van der Waals surface area (Å²) in [5.74, 6) is 0.557. The number of aromatic nitrogens is 2. The molecule has 0 radical (unpaired) electrons. The molecular formula is C22H24N4O3S. The third-order valence-corrected chi connectivity index (χ3v) is 5.71. The Labute approximate surface area is 178 Å². The first-order valence-corrected chi connectivity index (χ1v) is 10.6. The summed E-state index contributed by atoms with van der Waals surface area (Å²) in [6.45, 7) is 2.22. The lowest BCUT2D eigenvalue weighted by atomic mass is 10.2. The van der Waals surface area contributed by atoms with E-state index in [-0.39, 0.29) is 29.7 Å². The molecule has 0 saturated heterocycles. The van der Waals surface area contributed by atoms with E-state index in [2.05, 4.69) is 4.98 Å². The second-order valence-electron chi connectivity index (χ2n) is 7.00. The van der Waals surface area contributed by atoms with Crippen molar-refractivity contribution >= 4 is 29.2 Å². The van der Waals surface area contributed by atoms with Gasteiger partial charge in [0.2, 0.25) is 5.91 Å². The molecule has 0 saturated carbocycles. The van der Waals surface area contributed by atoms with Gasteiger partial charge < -0.3 is 10.6 Å². The molecule has 0 aliphatic carbocycles. The van der Waals surface area contributed by atoms with E-state index in [0.29, 0.717) is 5.75 Å². The molecule has 2 aromatic carbocycles. The number of nitrogens with one attached hydrogen (secondary N) is 1. The number of nitrogens with zero attached hydrogens (tertiary/aromatic N) is 2.